The van der Waals surface area contributed by atoms with Crippen LogP contribution in [0.1, 0.15) is 26.2 Å². The van der Waals surface area contributed by atoms with Gasteiger partial charge in [0.05, 0.1) is 19.1 Å². The smallest absolute Gasteiger partial charge is 0.321 e. The standard InChI is InChI=1S/C10H18N2O5/c1-3-7(6-17-2)11-10(16)12-8(13)4-5-9(14)15/h7H,3-6H2,1-2H3,(H,14,15)(H2,11,12,13,16). The summed E-state index contributed by atoms with van der Waals surface area (Å²) in [5, 5.41) is 12.9. The fourth-order valence-corrected chi connectivity index (χ4v) is 1.09. The second-order valence-electron chi connectivity index (χ2n) is 3.48. The maximum Gasteiger partial charge on any atom is 0.321 e. The fourth-order valence-electron chi connectivity index (χ4n) is 1.09. The van der Waals surface area contributed by atoms with E-state index in [9.17, 15) is 14.4 Å². The number of urea groups is 1. The van der Waals surface area contributed by atoms with Crippen LogP contribution in [0.25, 0.3) is 0 Å². The molecule has 0 spiro atoms. The van der Waals surface area contributed by atoms with Gasteiger partial charge in [0.15, 0.2) is 0 Å². The Kier molecular flexibility index (Phi) is 7.70. The number of methoxy groups -OCH3 is 1. The first kappa shape index (κ1) is 15.4. The van der Waals surface area contributed by atoms with E-state index >= 15 is 0 Å². The zero-order valence-corrected chi connectivity index (χ0v) is 9.99. The van der Waals surface area contributed by atoms with E-state index in [0.29, 0.717) is 13.0 Å². The molecule has 3 amide bonds. The van der Waals surface area contributed by atoms with Crippen LogP contribution in [0.4, 0.5) is 4.79 Å². The normalized spacial score (nSPS) is 11.6. The van der Waals surface area contributed by atoms with Crippen molar-refractivity contribution in [2.24, 2.45) is 0 Å². The SMILES string of the molecule is CCC(COC)NC(=O)NC(=O)CCC(=O)O. The van der Waals surface area contributed by atoms with Crippen molar-refractivity contribution in [2.75, 3.05) is 13.7 Å². The second kappa shape index (κ2) is 8.51. The van der Waals surface area contributed by atoms with Crippen LogP contribution < -0.4 is 10.6 Å². The van der Waals surface area contributed by atoms with Crippen molar-refractivity contribution in [2.45, 2.75) is 32.2 Å². The van der Waals surface area contributed by atoms with Crippen LogP contribution >= 0.6 is 0 Å². The topological polar surface area (TPSA) is 105 Å². The van der Waals surface area contributed by atoms with E-state index in [4.69, 9.17) is 9.84 Å². The predicted molar refractivity (Wildman–Crippen MR) is 59.5 cm³/mol. The number of nitrogens with one attached hydrogen (secondary N) is 2. The number of carbonyl (C=O) groups is 3. The summed E-state index contributed by atoms with van der Waals surface area (Å²) in [5.74, 6) is -1.69. The molecule has 0 saturated heterocycles. The first-order valence-electron chi connectivity index (χ1n) is 5.30. The van der Waals surface area contributed by atoms with Crippen LogP contribution in [-0.2, 0) is 14.3 Å². The Balaban J connectivity index is 3.91. The van der Waals surface area contributed by atoms with Gasteiger partial charge < -0.3 is 15.2 Å². The van der Waals surface area contributed by atoms with Crippen LogP contribution in [0.15, 0.2) is 0 Å². The monoisotopic (exact) mass is 246 g/mol. The molecule has 0 bridgehead atoms. The van der Waals surface area contributed by atoms with Gasteiger partial charge in [0.25, 0.3) is 0 Å². The second-order valence-corrected chi connectivity index (χ2v) is 3.48. The highest BCUT2D eigenvalue weighted by atomic mass is 16.5. The maximum absolute atomic E-state index is 11.3. The summed E-state index contributed by atoms with van der Waals surface area (Å²) in [6.07, 6.45) is 0.156. The highest BCUT2D eigenvalue weighted by molar-refractivity contribution is 5.95. The molecule has 1 unspecified atom stereocenters. The van der Waals surface area contributed by atoms with Gasteiger partial charge in [-0.15, -0.1) is 0 Å². The van der Waals surface area contributed by atoms with E-state index < -0.39 is 17.9 Å². The summed E-state index contributed by atoms with van der Waals surface area (Å²) in [7, 11) is 1.51. The Labute approximate surface area is 99.5 Å². The zero-order chi connectivity index (χ0) is 13.3. The van der Waals surface area contributed by atoms with Gasteiger partial charge in [0.1, 0.15) is 0 Å². The number of carbonyl (C=O) groups excluding carboxylic acids is 2. The summed E-state index contributed by atoms with van der Waals surface area (Å²) < 4.78 is 4.87. The molecule has 0 rings (SSSR count). The third-order valence-electron chi connectivity index (χ3n) is 2.01. The van der Waals surface area contributed by atoms with Crippen LogP contribution in [0, 0.1) is 0 Å². The van der Waals surface area contributed by atoms with E-state index in [1.54, 1.807) is 0 Å². The van der Waals surface area contributed by atoms with E-state index in [2.05, 4.69) is 10.6 Å². The minimum atomic E-state index is -1.08. The fraction of sp³-hybridized carbons (Fsp3) is 0.700. The molecule has 7 nitrogen and oxygen atoms in total. The van der Waals surface area contributed by atoms with Crippen molar-refractivity contribution in [1.29, 1.82) is 0 Å². The number of hydrogen-bond donors (Lipinski definition) is 3. The van der Waals surface area contributed by atoms with Crippen LogP contribution in [0.2, 0.25) is 0 Å². The number of amides is 3. The molecule has 3 N–H and O–H groups in total. The van der Waals surface area contributed by atoms with Gasteiger partial charge in [-0.1, -0.05) is 6.92 Å². The molecule has 17 heavy (non-hydrogen) atoms. The van der Waals surface area contributed by atoms with Crippen molar-refractivity contribution in [3.05, 3.63) is 0 Å². The third kappa shape index (κ3) is 8.21. The molecule has 0 fully saturated rings. The van der Waals surface area contributed by atoms with Gasteiger partial charge in [-0.2, -0.15) is 0 Å². The first-order chi connectivity index (χ1) is 7.99. The molecule has 1 atom stereocenters. The van der Waals surface area contributed by atoms with Crippen molar-refractivity contribution in [3.63, 3.8) is 0 Å². The molecule has 0 aromatic heterocycles. The van der Waals surface area contributed by atoms with E-state index in [-0.39, 0.29) is 18.9 Å². The average Bonchev–Trinajstić information content (AvgIpc) is 2.25. The summed E-state index contributed by atoms with van der Waals surface area (Å²) in [5.41, 5.74) is 0. The lowest BCUT2D eigenvalue weighted by Gasteiger charge is -2.15. The lowest BCUT2D eigenvalue weighted by Crippen LogP contribution is -2.46. The highest BCUT2D eigenvalue weighted by Gasteiger charge is 2.13. The van der Waals surface area contributed by atoms with Gasteiger partial charge in [-0.3, -0.25) is 14.9 Å². The Morgan fingerprint density at radius 3 is 2.41 bits per heavy atom. The molecule has 0 aromatic rings. The van der Waals surface area contributed by atoms with Crippen molar-refractivity contribution >= 4 is 17.9 Å². The molecule has 7 heteroatoms. The quantitative estimate of drug-likeness (QED) is 0.591. The number of carboxylic acids is 1. The molecule has 0 aliphatic rings. The minimum absolute atomic E-state index is 0.174. The molecule has 0 heterocycles. The third-order valence-corrected chi connectivity index (χ3v) is 2.01. The van der Waals surface area contributed by atoms with Crippen LogP contribution in [0.5, 0.6) is 0 Å². The molecule has 0 saturated carbocycles. The summed E-state index contributed by atoms with van der Waals surface area (Å²) in [4.78, 5) is 32.6. The van der Waals surface area contributed by atoms with Crippen LogP contribution in [0.3, 0.4) is 0 Å². The molecule has 0 aromatic carbocycles. The Hall–Kier alpha value is -1.63. The van der Waals surface area contributed by atoms with Gasteiger partial charge in [-0.05, 0) is 6.42 Å². The number of ether oxygens (including phenoxy) is 1. The highest BCUT2D eigenvalue weighted by Crippen LogP contribution is 1.92. The number of rotatable bonds is 7. The summed E-state index contributed by atoms with van der Waals surface area (Å²) in [6, 6.07) is -0.809. The predicted octanol–water partition coefficient (Wildman–Crippen LogP) is 0.102. The van der Waals surface area contributed by atoms with Gasteiger partial charge in [0.2, 0.25) is 5.91 Å². The molecule has 0 aliphatic carbocycles. The molecule has 0 aliphatic heterocycles. The summed E-state index contributed by atoms with van der Waals surface area (Å²) >= 11 is 0. The van der Waals surface area contributed by atoms with E-state index in [1.165, 1.54) is 7.11 Å². The Bertz CT molecular complexity index is 280. The van der Waals surface area contributed by atoms with Crippen molar-refractivity contribution in [3.8, 4) is 0 Å². The van der Waals surface area contributed by atoms with Crippen LogP contribution in [-0.4, -0.2) is 42.8 Å². The molecular weight excluding hydrogens is 228 g/mol. The number of aliphatic carboxylic acids is 1. The largest absolute Gasteiger partial charge is 0.481 e. The zero-order valence-electron chi connectivity index (χ0n) is 9.99. The Morgan fingerprint density at radius 2 is 1.94 bits per heavy atom. The minimum Gasteiger partial charge on any atom is -0.481 e. The number of imide groups is 1. The van der Waals surface area contributed by atoms with Gasteiger partial charge in [0, 0.05) is 13.5 Å². The van der Waals surface area contributed by atoms with Crippen molar-refractivity contribution < 1.29 is 24.2 Å². The Morgan fingerprint density at radius 1 is 1.29 bits per heavy atom. The maximum atomic E-state index is 11.3. The lowest BCUT2D eigenvalue weighted by atomic mass is 10.2. The van der Waals surface area contributed by atoms with E-state index in [1.807, 2.05) is 6.92 Å². The molecular formula is C10H18N2O5. The first-order valence-corrected chi connectivity index (χ1v) is 5.30. The average molecular weight is 246 g/mol. The van der Waals surface area contributed by atoms with E-state index in [0.717, 1.165) is 0 Å². The van der Waals surface area contributed by atoms with Gasteiger partial charge >= 0.3 is 12.0 Å². The molecule has 0 radical (unpaired) electrons. The summed E-state index contributed by atoms with van der Waals surface area (Å²) in [6.45, 7) is 2.23. The number of carboxylic acid groups (broad SMARTS) is 1. The van der Waals surface area contributed by atoms with Crippen molar-refractivity contribution in [1.82, 2.24) is 10.6 Å². The van der Waals surface area contributed by atoms with Gasteiger partial charge in [-0.25, -0.2) is 4.79 Å². The number of hydrogen-bond acceptors (Lipinski definition) is 4. The lowest BCUT2D eigenvalue weighted by molar-refractivity contribution is -0.138. The molecule has 98 valence electrons.